The Morgan fingerprint density at radius 2 is 1.97 bits per heavy atom. The van der Waals surface area contributed by atoms with E-state index in [2.05, 4.69) is 0 Å². The van der Waals surface area contributed by atoms with Gasteiger partial charge in [0.25, 0.3) is 5.91 Å². The molecule has 1 heterocycles. The molecule has 1 saturated carbocycles. The van der Waals surface area contributed by atoms with E-state index in [0.717, 1.165) is 25.3 Å². The largest absolute Gasteiger partial charge is 0.508 e. The number of benzene rings is 2. The zero-order chi connectivity index (χ0) is 20.7. The maximum absolute atomic E-state index is 13.7. The lowest BCUT2D eigenvalue weighted by molar-refractivity contribution is -0.139. The number of fused-ring (bicyclic) bond motifs is 1. The Balaban J connectivity index is 1.91. The Kier molecular flexibility index (Phi) is 4.86. The number of aromatic hydroxyl groups is 1. The van der Waals surface area contributed by atoms with E-state index < -0.39 is 23.6 Å². The van der Waals surface area contributed by atoms with Crippen LogP contribution in [-0.2, 0) is 4.79 Å². The molecular weight excluding hydrogens is 373 g/mol. The number of nitrogens with zero attached hydrogens (tertiary/aromatic N) is 1. The molecule has 0 aliphatic heterocycles. The molecule has 5 nitrogen and oxygen atoms in total. The van der Waals surface area contributed by atoms with E-state index in [1.807, 2.05) is 0 Å². The van der Waals surface area contributed by atoms with Crippen LogP contribution in [0.15, 0.2) is 42.5 Å². The molecule has 1 aliphatic rings. The molecule has 0 amide bonds. The van der Waals surface area contributed by atoms with Gasteiger partial charge in [-0.25, -0.2) is 4.39 Å². The molecule has 1 aromatic heterocycles. The van der Waals surface area contributed by atoms with Crippen molar-refractivity contribution < 1.29 is 24.2 Å². The van der Waals surface area contributed by atoms with Crippen LogP contribution in [0.2, 0.25) is 0 Å². The minimum absolute atomic E-state index is 0.00175. The van der Waals surface area contributed by atoms with E-state index in [-0.39, 0.29) is 11.3 Å². The molecule has 29 heavy (non-hydrogen) atoms. The molecule has 0 bridgehead atoms. The number of rotatable bonds is 5. The smallest absolute Gasteiger partial charge is 0.311 e. The fraction of sp³-hybridized carbons (Fsp3) is 0.304. The Morgan fingerprint density at radius 3 is 2.59 bits per heavy atom. The van der Waals surface area contributed by atoms with E-state index >= 15 is 0 Å². The molecule has 0 radical (unpaired) electrons. The van der Waals surface area contributed by atoms with Crippen molar-refractivity contribution in [3.8, 4) is 5.75 Å². The van der Waals surface area contributed by atoms with Crippen molar-refractivity contribution in [3.63, 3.8) is 0 Å². The van der Waals surface area contributed by atoms with E-state index in [0.29, 0.717) is 34.5 Å². The van der Waals surface area contributed by atoms with E-state index in [1.165, 1.54) is 34.9 Å². The van der Waals surface area contributed by atoms with Crippen molar-refractivity contribution in [2.24, 2.45) is 5.92 Å². The molecule has 2 N–H and O–H groups in total. The number of carbonyl (C=O) groups is 2. The van der Waals surface area contributed by atoms with Gasteiger partial charge in [-0.2, -0.15) is 0 Å². The predicted octanol–water partition coefficient (Wildman–Crippen LogP) is 4.84. The zero-order valence-corrected chi connectivity index (χ0v) is 16.1. The average Bonchev–Trinajstić information content (AvgIpc) is 2.91. The summed E-state index contributed by atoms with van der Waals surface area (Å²) >= 11 is 0. The molecule has 0 saturated heterocycles. The Labute approximate surface area is 167 Å². The van der Waals surface area contributed by atoms with Gasteiger partial charge in [0, 0.05) is 16.6 Å². The molecule has 0 spiro atoms. The predicted molar refractivity (Wildman–Crippen MR) is 107 cm³/mol. The maximum Gasteiger partial charge on any atom is 0.311 e. The molecule has 3 aromatic rings. The highest BCUT2D eigenvalue weighted by Crippen LogP contribution is 2.41. The summed E-state index contributed by atoms with van der Waals surface area (Å²) in [6.45, 7) is 1.71. The normalized spacial score (nSPS) is 15.2. The number of phenolic OH excluding ortho intramolecular Hbond substituents is 1. The van der Waals surface area contributed by atoms with Gasteiger partial charge in [-0.15, -0.1) is 0 Å². The first kappa shape index (κ1) is 19.2. The lowest BCUT2D eigenvalue weighted by atomic mass is 9.77. The number of phenols is 1. The van der Waals surface area contributed by atoms with Gasteiger partial charge in [-0.1, -0.05) is 25.3 Å². The van der Waals surface area contributed by atoms with Gasteiger partial charge in [0.2, 0.25) is 0 Å². The molecule has 1 aliphatic carbocycles. The molecule has 6 heteroatoms. The summed E-state index contributed by atoms with van der Waals surface area (Å²) < 4.78 is 15.1. The van der Waals surface area contributed by atoms with E-state index in [1.54, 1.807) is 13.0 Å². The van der Waals surface area contributed by atoms with Crippen LogP contribution < -0.4 is 0 Å². The highest BCUT2D eigenvalue weighted by molar-refractivity contribution is 6.05. The minimum Gasteiger partial charge on any atom is -0.508 e. The molecule has 4 rings (SSSR count). The van der Waals surface area contributed by atoms with Crippen LogP contribution in [0.5, 0.6) is 5.75 Å². The highest BCUT2D eigenvalue weighted by Gasteiger charge is 2.33. The van der Waals surface area contributed by atoms with Crippen LogP contribution in [0.3, 0.4) is 0 Å². The Morgan fingerprint density at radius 1 is 1.21 bits per heavy atom. The second kappa shape index (κ2) is 7.35. The van der Waals surface area contributed by atoms with Crippen LogP contribution in [-0.4, -0.2) is 26.7 Å². The topological polar surface area (TPSA) is 79.5 Å². The molecule has 150 valence electrons. The highest BCUT2D eigenvalue weighted by atomic mass is 19.1. The Hall–Kier alpha value is -3.15. The first-order chi connectivity index (χ1) is 13.9. The monoisotopic (exact) mass is 395 g/mol. The second-order valence-corrected chi connectivity index (χ2v) is 7.77. The van der Waals surface area contributed by atoms with Gasteiger partial charge in [-0.05, 0) is 61.2 Å². The summed E-state index contributed by atoms with van der Waals surface area (Å²) in [7, 11) is 0. The lowest BCUT2D eigenvalue weighted by Gasteiger charge is -2.28. The summed E-state index contributed by atoms with van der Waals surface area (Å²) in [5.74, 6) is -2.31. The molecular formula is C23H22FNO4. The number of hydrogen-bond acceptors (Lipinski definition) is 3. The first-order valence-corrected chi connectivity index (χ1v) is 9.74. The summed E-state index contributed by atoms with van der Waals surface area (Å²) in [4.78, 5) is 25.3. The summed E-state index contributed by atoms with van der Waals surface area (Å²) in [6, 6.07) is 9.98. The second-order valence-electron chi connectivity index (χ2n) is 7.77. The summed E-state index contributed by atoms with van der Waals surface area (Å²) in [5, 5.41) is 20.5. The minimum atomic E-state index is -0.944. The van der Waals surface area contributed by atoms with Gasteiger partial charge in [-0.3, -0.25) is 14.2 Å². The van der Waals surface area contributed by atoms with E-state index in [4.69, 9.17) is 0 Å². The van der Waals surface area contributed by atoms with Crippen molar-refractivity contribution in [2.75, 3.05) is 0 Å². The van der Waals surface area contributed by atoms with Gasteiger partial charge in [0.15, 0.2) is 0 Å². The first-order valence-electron chi connectivity index (χ1n) is 9.74. The van der Waals surface area contributed by atoms with Gasteiger partial charge < -0.3 is 10.2 Å². The number of aliphatic carboxylic acids is 1. The quantitative estimate of drug-likeness (QED) is 0.648. The molecule has 1 fully saturated rings. The van der Waals surface area contributed by atoms with Gasteiger partial charge >= 0.3 is 5.97 Å². The lowest BCUT2D eigenvalue weighted by Crippen LogP contribution is -2.21. The van der Waals surface area contributed by atoms with Crippen molar-refractivity contribution in [2.45, 2.75) is 38.5 Å². The SMILES string of the molecule is Cc1c([C@H](CC2CCC2)C(=O)O)c2cc(O)ccc2n1C(=O)c1cccc(F)c1. The number of carboxylic acids is 1. The molecule has 0 unspecified atom stereocenters. The fourth-order valence-electron chi connectivity index (χ4n) is 4.29. The van der Waals surface area contributed by atoms with Crippen LogP contribution in [0, 0.1) is 18.7 Å². The fourth-order valence-corrected chi connectivity index (χ4v) is 4.29. The third-order valence-corrected chi connectivity index (χ3v) is 5.95. The third-order valence-electron chi connectivity index (χ3n) is 5.95. The van der Waals surface area contributed by atoms with Crippen LogP contribution in [0.25, 0.3) is 10.9 Å². The van der Waals surface area contributed by atoms with Crippen LogP contribution >= 0.6 is 0 Å². The third kappa shape index (κ3) is 3.39. The van der Waals surface area contributed by atoms with Crippen molar-refractivity contribution in [1.82, 2.24) is 4.57 Å². The van der Waals surface area contributed by atoms with Gasteiger partial charge in [0.05, 0.1) is 11.4 Å². The Bertz CT molecular complexity index is 1110. The number of halogens is 1. The van der Waals surface area contributed by atoms with Crippen molar-refractivity contribution in [3.05, 3.63) is 65.1 Å². The summed E-state index contributed by atoms with van der Waals surface area (Å²) in [5.41, 5.74) is 1.73. The number of hydrogen-bond donors (Lipinski definition) is 2. The zero-order valence-electron chi connectivity index (χ0n) is 16.1. The van der Waals surface area contributed by atoms with Gasteiger partial charge in [0.1, 0.15) is 11.6 Å². The average molecular weight is 395 g/mol. The maximum atomic E-state index is 13.7. The number of aromatic nitrogens is 1. The van der Waals surface area contributed by atoms with E-state index in [9.17, 15) is 24.2 Å². The van der Waals surface area contributed by atoms with Crippen LogP contribution in [0.4, 0.5) is 4.39 Å². The number of carbonyl (C=O) groups excluding carboxylic acids is 1. The standard InChI is InChI=1S/C23H22FNO4/c1-13-21(19(23(28)29)10-14-4-2-5-14)18-12-17(26)8-9-20(18)25(13)22(27)15-6-3-7-16(24)11-15/h3,6-9,11-12,14,19,26H,2,4-5,10H2,1H3,(H,28,29)/t19-/m0/s1. The van der Waals surface area contributed by atoms with Crippen LogP contribution in [0.1, 0.15) is 53.2 Å². The molecule has 2 aromatic carbocycles. The van der Waals surface area contributed by atoms with Crippen molar-refractivity contribution >= 4 is 22.8 Å². The summed E-state index contributed by atoms with van der Waals surface area (Å²) in [6.07, 6.45) is 3.62. The number of carboxylic acid groups (broad SMARTS) is 1. The van der Waals surface area contributed by atoms with Crippen molar-refractivity contribution in [1.29, 1.82) is 0 Å². The molecule has 1 atom stereocenters.